The quantitative estimate of drug-likeness (QED) is 0.619. The van der Waals surface area contributed by atoms with E-state index in [2.05, 4.69) is 15.7 Å². The first-order chi connectivity index (χ1) is 13.9. The first-order valence-corrected chi connectivity index (χ1v) is 8.78. The molecule has 9 heteroatoms. The van der Waals surface area contributed by atoms with Gasteiger partial charge in [0.25, 0.3) is 11.8 Å². The van der Waals surface area contributed by atoms with Crippen molar-refractivity contribution in [1.82, 2.24) is 9.78 Å². The first kappa shape index (κ1) is 19.9. The van der Waals surface area contributed by atoms with Crippen LogP contribution in [0.3, 0.4) is 0 Å². The topological polar surface area (TPSA) is 115 Å². The highest BCUT2D eigenvalue weighted by Crippen LogP contribution is 2.19. The number of benzene rings is 1. The van der Waals surface area contributed by atoms with Gasteiger partial charge in [-0.1, -0.05) is 12.1 Å². The number of aryl methyl sites for hydroxylation is 2. The average molecular weight is 396 g/mol. The maximum Gasteiger partial charge on any atom is 0.340 e. The predicted octanol–water partition coefficient (Wildman–Crippen LogP) is 2.68. The molecule has 9 nitrogen and oxygen atoms in total. The van der Waals surface area contributed by atoms with Crippen LogP contribution in [0.15, 0.2) is 47.1 Å². The van der Waals surface area contributed by atoms with E-state index < -0.39 is 24.4 Å². The van der Waals surface area contributed by atoms with Crippen LogP contribution in [-0.4, -0.2) is 34.2 Å². The van der Waals surface area contributed by atoms with Crippen LogP contribution >= 0.6 is 0 Å². The molecule has 2 amide bonds. The van der Waals surface area contributed by atoms with Gasteiger partial charge in [-0.15, -0.1) is 0 Å². The van der Waals surface area contributed by atoms with Crippen LogP contribution in [0.25, 0.3) is 0 Å². The lowest BCUT2D eigenvalue weighted by molar-refractivity contribution is -0.119. The minimum Gasteiger partial charge on any atom is -0.459 e. The van der Waals surface area contributed by atoms with Gasteiger partial charge in [0.2, 0.25) is 0 Å². The second-order valence-corrected chi connectivity index (χ2v) is 6.27. The standard InChI is InChI=1S/C20H20N4O5/c1-12-18(13(2)24(3)23-12)22-17(25)11-29-20(27)14-7-4-5-8-15(14)21-19(26)16-9-6-10-28-16/h4-10H,11H2,1-3H3,(H,21,26)(H,22,25). The number of rotatable bonds is 6. The lowest BCUT2D eigenvalue weighted by atomic mass is 10.1. The van der Waals surface area contributed by atoms with Gasteiger partial charge >= 0.3 is 5.97 Å². The van der Waals surface area contributed by atoms with Gasteiger partial charge in [0.1, 0.15) is 0 Å². The summed E-state index contributed by atoms with van der Waals surface area (Å²) in [5, 5.41) is 9.50. The molecule has 0 bridgehead atoms. The van der Waals surface area contributed by atoms with Crippen molar-refractivity contribution in [2.75, 3.05) is 17.2 Å². The smallest absolute Gasteiger partial charge is 0.340 e. The Labute approximate surface area is 166 Å². The van der Waals surface area contributed by atoms with Crippen molar-refractivity contribution < 1.29 is 23.5 Å². The molecular formula is C20H20N4O5. The van der Waals surface area contributed by atoms with Crippen molar-refractivity contribution >= 4 is 29.2 Å². The van der Waals surface area contributed by atoms with Gasteiger partial charge in [0, 0.05) is 7.05 Å². The average Bonchev–Trinajstić information content (AvgIpc) is 3.31. The Hall–Kier alpha value is -3.88. The maximum atomic E-state index is 12.4. The summed E-state index contributed by atoms with van der Waals surface area (Å²) in [5.74, 6) is -1.63. The van der Waals surface area contributed by atoms with Crippen LogP contribution in [-0.2, 0) is 16.6 Å². The van der Waals surface area contributed by atoms with Gasteiger partial charge in [-0.25, -0.2) is 4.79 Å². The number of hydrogen-bond acceptors (Lipinski definition) is 6. The van der Waals surface area contributed by atoms with Crippen LogP contribution in [0, 0.1) is 13.8 Å². The third-order valence-corrected chi connectivity index (χ3v) is 4.25. The number of aromatic nitrogens is 2. The van der Waals surface area contributed by atoms with E-state index in [-0.39, 0.29) is 17.0 Å². The summed E-state index contributed by atoms with van der Waals surface area (Å²) in [5.41, 5.74) is 2.40. The van der Waals surface area contributed by atoms with Crippen molar-refractivity contribution in [2.45, 2.75) is 13.8 Å². The van der Waals surface area contributed by atoms with Gasteiger partial charge in [-0.2, -0.15) is 5.10 Å². The zero-order valence-corrected chi connectivity index (χ0v) is 16.2. The van der Waals surface area contributed by atoms with E-state index >= 15 is 0 Å². The fourth-order valence-corrected chi connectivity index (χ4v) is 2.70. The second-order valence-electron chi connectivity index (χ2n) is 6.27. The van der Waals surface area contributed by atoms with Crippen LogP contribution in [0.1, 0.15) is 32.3 Å². The zero-order chi connectivity index (χ0) is 21.0. The molecule has 0 saturated heterocycles. The number of para-hydroxylation sites is 1. The fraction of sp³-hybridized carbons (Fsp3) is 0.200. The number of furan rings is 1. The van der Waals surface area contributed by atoms with E-state index in [0.717, 1.165) is 5.69 Å². The highest BCUT2D eigenvalue weighted by Gasteiger charge is 2.18. The van der Waals surface area contributed by atoms with E-state index in [1.54, 1.807) is 42.9 Å². The largest absolute Gasteiger partial charge is 0.459 e. The third-order valence-electron chi connectivity index (χ3n) is 4.25. The number of nitrogens with zero attached hydrogens (tertiary/aromatic N) is 2. The number of hydrogen-bond donors (Lipinski definition) is 2. The number of esters is 1. The number of carbonyl (C=O) groups is 3. The Morgan fingerprint density at radius 1 is 1.10 bits per heavy atom. The molecule has 3 aromatic rings. The number of ether oxygens (including phenoxy) is 1. The summed E-state index contributed by atoms with van der Waals surface area (Å²) in [6.45, 7) is 3.11. The molecular weight excluding hydrogens is 376 g/mol. The van der Waals surface area contributed by atoms with E-state index in [1.807, 2.05) is 6.92 Å². The van der Waals surface area contributed by atoms with Gasteiger partial charge < -0.3 is 19.8 Å². The molecule has 0 radical (unpaired) electrons. The Bertz CT molecular complexity index is 1050. The van der Waals surface area contributed by atoms with Crippen molar-refractivity contribution in [3.63, 3.8) is 0 Å². The van der Waals surface area contributed by atoms with Crippen molar-refractivity contribution in [3.8, 4) is 0 Å². The van der Waals surface area contributed by atoms with Gasteiger partial charge in [0.15, 0.2) is 12.4 Å². The van der Waals surface area contributed by atoms with E-state index in [0.29, 0.717) is 11.4 Å². The van der Waals surface area contributed by atoms with Crippen LogP contribution in [0.4, 0.5) is 11.4 Å². The van der Waals surface area contributed by atoms with Gasteiger partial charge in [-0.3, -0.25) is 14.3 Å². The molecule has 0 aliphatic carbocycles. The summed E-state index contributed by atoms with van der Waals surface area (Å²) < 4.78 is 11.8. The number of anilines is 2. The molecule has 29 heavy (non-hydrogen) atoms. The highest BCUT2D eigenvalue weighted by molar-refractivity contribution is 6.07. The van der Waals surface area contributed by atoms with Gasteiger partial charge in [-0.05, 0) is 38.1 Å². The van der Waals surface area contributed by atoms with Crippen LogP contribution < -0.4 is 10.6 Å². The Morgan fingerprint density at radius 2 is 1.86 bits per heavy atom. The summed E-state index contributed by atoms with van der Waals surface area (Å²) in [6, 6.07) is 9.42. The van der Waals surface area contributed by atoms with E-state index in [1.165, 1.54) is 18.4 Å². The molecule has 3 rings (SSSR count). The molecule has 150 valence electrons. The highest BCUT2D eigenvalue weighted by atomic mass is 16.5. The SMILES string of the molecule is Cc1nn(C)c(C)c1NC(=O)COC(=O)c1ccccc1NC(=O)c1ccco1. The molecule has 2 heterocycles. The molecule has 2 N–H and O–H groups in total. The predicted molar refractivity (Wildman–Crippen MR) is 105 cm³/mol. The van der Waals surface area contributed by atoms with Gasteiger partial charge in [0.05, 0.1) is 34.6 Å². The summed E-state index contributed by atoms with van der Waals surface area (Å²) in [7, 11) is 1.77. The van der Waals surface area contributed by atoms with E-state index in [4.69, 9.17) is 9.15 Å². The second kappa shape index (κ2) is 8.42. The minimum absolute atomic E-state index is 0.106. The van der Waals surface area contributed by atoms with Crippen LogP contribution in [0.5, 0.6) is 0 Å². The molecule has 0 aliphatic rings. The number of nitrogens with one attached hydrogen (secondary N) is 2. The van der Waals surface area contributed by atoms with E-state index in [9.17, 15) is 14.4 Å². The Balaban J connectivity index is 1.63. The Morgan fingerprint density at radius 3 is 2.52 bits per heavy atom. The zero-order valence-electron chi connectivity index (χ0n) is 16.2. The normalized spacial score (nSPS) is 10.4. The summed E-state index contributed by atoms with van der Waals surface area (Å²) in [4.78, 5) is 36.8. The lowest BCUT2D eigenvalue weighted by Gasteiger charge is -2.10. The first-order valence-electron chi connectivity index (χ1n) is 8.78. The molecule has 1 aromatic carbocycles. The molecule has 0 spiro atoms. The maximum absolute atomic E-state index is 12.4. The molecule has 0 saturated carbocycles. The third kappa shape index (κ3) is 4.52. The molecule has 0 unspecified atom stereocenters. The molecule has 0 aliphatic heterocycles. The number of carbonyl (C=O) groups excluding carboxylic acids is 3. The molecule has 0 fully saturated rings. The van der Waals surface area contributed by atoms with Crippen molar-refractivity contribution in [1.29, 1.82) is 0 Å². The van der Waals surface area contributed by atoms with Crippen molar-refractivity contribution in [2.24, 2.45) is 7.05 Å². The minimum atomic E-state index is -0.741. The van der Waals surface area contributed by atoms with Crippen LogP contribution in [0.2, 0.25) is 0 Å². The number of amides is 2. The molecule has 2 aromatic heterocycles. The van der Waals surface area contributed by atoms with Crippen molar-refractivity contribution in [3.05, 3.63) is 65.4 Å². The summed E-state index contributed by atoms with van der Waals surface area (Å²) >= 11 is 0. The molecule has 0 atom stereocenters. The Kier molecular flexibility index (Phi) is 5.77. The fourth-order valence-electron chi connectivity index (χ4n) is 2.70. The lowest BCUT2D eigenvalue weighted by Crippen LogP contribution is -2.22. The monoisotopic (exact) mass is 396 g/mol. The summed E-state index contributed by atoms with van der Waals surface area (Å²) in [6.07, 6.45) is 1.37.